The Hall–Kier alpha value is -2.24. The fraction of sp³-hybridized carbons (Fsp3) is 0.333. The van der Waals surface area contributed by atoms with Crippen molar-refractivity contribution in [2.45, 2.75) is 12.6 Å². The summed E-state index contributed by atoms with van der Waals surface area (Å²) in [4.78, 5) is 0. The minimum Gasteiger partial charge on any atom is -0.497 e. The first kappa shape index (κ1) is 17.1. The number of nitrogens with one attached hydrogen (secondary N) is 1. The highest BCUT2D eigenvalue weighted by Gasteiger charge is 2.08. The van der Waals surface area contributed by atoms with Crippen LogP contribution in [-0.4, -0.2) is 33.0 Å². The van der Waals surface area contributed by atoms with Crippen LogP contribution >= 0.6 is 0 Å². The zero-order valence-electron chi connectivity index (χ0n) is 13.7. The third-order valence-electron chi connectivity index (χ3n) is 3.62. The first-order chi connectivity index (χ1) is 11.2. The Morgan fingerprint density at radius 2 is 1.61 bits per heavy atom. The van der Waals surface area contributed by atoms with E-state index in [9.17, 15) is 5.11 Å². The number of benzene rings is 2. The summed E-state index contributed by atoms with van der Waals surface area (Å²) in [6.45, 7) is 1.09. The van der Waals surface area contributed by atoms with Gasteiger partial charge < -0.3 is 24.6 Å². The summed E-state index contributed by atoms with van der Waals surface area (Å²) in [6, 6.07) is 13.2. The third kappa shape index (κ3) is 4.61. The van der Waals surface area contributed by atoms with Gasteiger partial charge in [0.2, 0.25) is 0 Å². The summed E-state index contributed by atoms with van der Waals surface area (Å²) in [6.07, 6.45) is -0.568. The van der Waals surface area contributed by atoms with Crippen LogP contribution in [0.15, 0.2) is 42.5 Å². The van der Waals surface area contributed by atoms with Crippen LogP contribution in [0.2, 0.25) is 0 Å². The summed E-state index contributed by atoms with van der Waals surface area (Å²) >= 11 is 0. The van der Waals surface area contributed by atoms with Crippen molar-refractivity contribution < 1.29 is 19.3 Å². The highest BCUT2D eigenvalue weighted by molar-refractivity contribution is 5.42. The quantitative estimate of drug-likeness (QED) is 0.783. The summed E-state index contributed by atoms with van der Waals surface area (Å²) in [7, 11) is 4.85. The smallest absolute Gasteiger partial charge is 0.161 e. The Morgan fingerprint density at radius 1 is 0.913 bits per heavy atom. The van der Waals surface area contributed by atoms with E-state index in [0.29, 0.717) is 24.6 Å². The minimum absolute atomic E-state index is 0.459. The molecule has 0 radical (unpaired) electrons. The van der Waals surface area contributed by atoms with Crippen molar-refractivity contribution in [2.75, 3.05) is 27.9 Å². The molecule has 0 saturated heterocycles. The van der Waals surface area contributed by atoms with Crippen LogP contribution in [0.3, 0.4) is 0 Å². The highest BCUT2D eigenvalue weighted by Crippen LogP contribution is 2.27. The van der Waals surface area contributed by atoms with Gasteiger partial charge in [-0.05, 0) is 35.4 Å². The molecule has 0 aromatic heterocycles. The van der Waals surface area contributed by atoms with Crippen LogP contribution in [0.25, 0.3) is 0 Å². The van der Waals surface area contributed by atoms with Crippen molar-refractivity contribution >= 4 is 0 Å². The summed E-state index contributed by atoms with van der Waals surface area (Å²) in [5.74, 6) is 2.18. The summed E-state index contributed by atoms with van der Waals surface area (Å²) in [5.41, 5.74) is 1.91. The lowest BCUT2D eigenvalue weighted by molar-refractivity contribution is 0.174. The summed E-state index contributed by atoms with van der Waals surface area (Å²) in [5, 5.41) is 13.4. The lowest BCUT2D eigenvalue weighted by Gasteiger charge is -2.14. The zero-order valence-corrected chi connectivity index (χ0v) is 13.7. The van der Waals surface area contributed by atoms with Crippen LogP contribution < -0.4 is 19.5 Å². The lowest BCUT2D eigenvalue weighted by atomic mass is 10.1. The van der Waals surface area contributed by atoms with Crippen molar-refractivity contribution in [3.8, 4) is 17.2 Å². The predicted octanol–water partition coefficient (Wildman–Crippen LogP) is 2.54. The van der Waals surface area contributed by atoms with E-state index in [1.807, 2.05) is 42.5 Å². The van der Waals surface area contributed by atoms with Crippen LogP contribution in [0.4, 0.5) is 0 Å². The molecule has 0 heterocycles. The number of ether oxygens (including phenoxy) is 3. The van der Waals surface area contributed by atoms with Crippen molar-refractivity contribution in [1.82, 2.24) is 5.32 Å². The third-order valence-corrected chi connectivity index (χ3v) is 3.62. The highest BCUT2D eigenvalue weighted by atomic mass is 16.5. The van der Waals surface area contributed by atoms with E-state index in [1.54, 1.807) is 21.3 Å². The molecule has 0 bridgehead atoms. The predicted molar refractivity (Wildman–Crippen MR) is 89.2 cm³/mol. The average molecular weight is 317 g/mol. The molecule has 0 spiro atoms. The fourth-order valence-corrected chi connectivity index (χ4v) is 2.29. The topological polar surface area (TPSA) is 60.0 Å². The summed E-state index contributed by atoms with van der Waals surface area (Å²) < 4.78 is 15.6. The van der Waals surface area contributed by atoms with E-state index in [4.69, 9.17) is 14.2 Å². The zero-order chi connectivity index (χ0) is 16.7. The molecule has 0 fully saturated rings. The number of hydrogen-bond donors (Lipinski definition) is 2. The van der Waals surface area contributed by atoms with E-state index < -0.39 is 6.10 Å². The van der Waals surface area contributed by atoms with Crippen molar-refractivity contribution in [3.05, 3.63) is 53.6 Å². The molecule has 1 atom stereocenters. The first-order valence-electron chi connectivity index (χ1n) is 7.41. The van der Waals surface area contributed by atoms with Gasteiger partial charge in [0.15, 0.2) is 11.5 Å². The molecule has 0 aliphatic rings. The van der Waals surface area contributed by atoms with Gasteiger partial charge in [0, 0.05) is 13.1 Å². The molecule has 2 aromatic carbocycles. The molecule has 0 aliphatic carbocycles. The molecular weight excluding hydrogens is 294 g/mol. The number of rotatable bonds is 8. The Morgan fingerprint density at radius 3 is 2.22 bits per heavy atom. The number of aliphatic hydroxyl groups excluding tert-OH is 1. The second-order valence-electron chi connectivity index (χ2n) is 5.11. The molecule has 2 N–H and O–H groups in total. The van der Waals surface area contributed by atoms with Crippen LogP contribution in [0.5, 0.6) is 17.2 Å². The molecule has 0 aliphatic heterocycles. The van der Waals surface area contributed by atoms with Gasteiger partial charge in [-0.3, -0.25) is 0 Å². The van der Waals surface area contributed by atoms with Gasteiger partial charge in [-0.2, -0.15) is 0 Å². The Kier molecular flexibility index (Phi) is 6.26. The number of methoxy groups -OCH3 is 3. The molecule has 2 rings (SSSR count). The molecular formula is C18H23NO4. The molecule has 5 nitrogen and oxygen atoms in total. The molecule has 2 aromatic rings. The molecule has 0 unspecified atom stereocenters. The monoisotopic (exact) mass is 317 g/mol. The fourth-order valence-electron chi connectivity index (χ4n) is 2.29. The van der Waals surface area contributed by atoms with Crippen LogP contribution in [0, 0.1) is 0 Å². The van der Waals surface area contributed by atoms with Crippen molar-refractivity contribution in [3.63, 3.8) is 0 Å². The van der Waals surface area contributed by atoms with Crippen LogP contribution in [0.1, 0.15) is 17.2 Å². The Bertz CT molecular complexity index is 613. The minimum atomic E-state index is -0.568. The number of aliphatic hydroxyl groups is 1. The maximum absolute atomic E-state index is 10.2. The van der Waals surface area contributed by atoms with Crippen LogP contribution in [-0.2, 0) is 6.54 Å². The van der Waals surface area contributed by atoms with Gasteiger partial charge in [-0.25, -0.2) is 0 Å². The Balaban J connectivity index is 1.88. The van der Waals surface area contributed by atoms with Gasteiger partial charge >= 0.3 is 0 Å². The standard InChI is InChI=1S/C18H23NO4/c1-21-15-7-5-14(6-8-15)16(20)12-19-11-13-4-9-17(22-2)18(10-13)23-3/h4-10,16,19-20H,11-12H2,1-3H3/t16-/m1/s1. The second kappa shape index (κ2) is 8.41. The van der Waals surface area contributed by atoms with E-state index >= 15 is 0 Å². The van der Waals surface area contributed by atoms with E-state index in [2.05, 4.69) is 5.32 Å². The SMILES string of the molecule is COc1ccc([C@H](O)CNCc2ccc(OC)c(OC)c2)cc1. The normalized spacial score (nSPS) is 11.8. The maximum atomic E-state index is 10.2. The van der Waals surface area contributed by atoms with Gasteiger partial charge in [0.1, 0.15) is 5.75 Å². The van der Waals surface area contributed by atoms with E-state index in [0.717, 1.165) is 16.9 Å². The van der Waals surface area contributed by atoms with Crippen molar-refractivity contribution in [1.29, 1.82) is 0 Å². The Labute approximate surface area is 136 Å². The largest absolute Gasteiger partial charge is 0.497 e. The van der Waals surface area contributed by atoms with Gasteiger partial charge in [0.25, 0.3) is 0 Å². The molecule has 0 amide bonds. The molecule has 23 heavy (non-hydrogen) atoms. The molecule has 0 saturated carbocycles. The number of hydrogen-bond acceptors (Lipinski definition) is 5. The van der Waals surface area contributed by atoms with Gasteiger partial charge in [-0.1, -0.05) is 18.2 Å². The second-order valence-corrected chi connectivity index (χ2v) is 5.11. The van der Waals surface area contributed by atoms with Gasteiger partial charge in [0.05, 0.1) is 27.4 Å². The maximum Gasteiger partial charge on any atom is 0.161 e. The van der Waals surface area contributed by atoms with E-state index in [1.165, 1.54) is 0 Å². The van der Waals surface area contributed by atoms with Crippen molar-refractivity contribution in [2.24, 2.45) is 0 Å². The van der Waals surface area contributed by atoms with E-state index in [-0.39, 0.29) is 0 Å². The molecule has 5 heteroatoms. The average Bonchev–Trinajstić information content (AvgIpc) is 2.61. The lowest BCUT2D eigenvalue weighted by Crippen LogP contribution is -2.21. The van der Waals surface area contributed by atoms with Gasteiger partial charge in [-0.15, -0.1) is 0 Å². The molecule has 124 valence electrons. The first-order valence-corrected chi connectivity index (χ1v) is 7.41.